The van der Waals surface area contributed by atoms with Gasteiger partial charge in [0.2, 0.25) is 0 Å². The van der Waals surface area contributed by atoms with Gasteiger partial charge in [-0.1, -0.05) is 6.07 Å². The SMILES string of the molecule is CC1(C)COB(c2ccc3nccnc3c2)O1. The summed E-state index contributed by atoms with van der Waals surface area (Å²) < 4.78 is 11.4. The minimum atomic E-state index is -0.295. The summed E-state index contributed by atoms with van der Waals surface area (Å²) in [5.74, 6) is 0. The van der Waals surface area contributed by atoms with Gasteiger partial charge in [-0.15, -0.1) is 0 Å². The van der Waals surface area contributed by atoms with Crippen molar-refractivity contribution in [1.29, 1.82) is 0 Å². The third-order valence-corrected chi connectivity index (χ3v) is 2.77. The van der Waals surface area contributed by atoms with Crippen molar-refractivity contribution in [1.82, 2.24) is 9.97 Å². The maximum Gasteiger partial charge on any atom is 0.494 e. The maximum atomic E-state index is 5.81. The zero-order valence-corrected chi connectivity index (χ0v) is 9.88. The van der Waals surface area contributed by atoms with Crippen molar-refractivity contribution in [2.45, 2.75) is 19.4 Å². The van der Waals surface area contributed by atoms with Crippen molar-refractivity contribution < 1.29 is 9.31 Å². The number of aromatic nitrogens is 2. The van der Waals surface area contributed by atoms with Crippen LogP contribution >= 0.6 is 0 Å². The van der Waals surface area contributed by atoms with Crippen LogP contribution in [0.3, 0.4) is 0 Å². The molecule has 0 bridgehead atoms. The van der Waals surface area contributed by atoms with Gasteiger partial charge in [0.1, 0.15) is 0 Å². The van der Waals surface area contributed by atoms with E-state index < -0.39 is 0 Å². The first-order chi connectivity index (χ1) is 8.14. The maximum absolute atomic E-state index is 5.81. The molecule has 17 heavy (non-hydrogen) atoms. The van der Waals surface area contributed by atoms with Crippen molar-refractivity contribution in [2.75, 3.05) is 6.61 Å². The predicted octanol–water partition coefficient (Wildman–Crippen LogP) is 1.15. The monoisotopic (exact) mass is 228 g/mol. The lowest BCUT2D eigenvalue weighted by atomic mass is 9.79. The molecule has 3 rings (SSSR count). The Balaban J connectivity index is 1.96. The summed E-state index contributed by atoms with van der Waals surface area (Å²) in [6, 6.07) is 5.88. The fraction of sp³-hybridized carbons (Fsp3) is 0.333. The van der Waals surface area contributed by atoms with Gasteiger partial charge in [0.25, 0.3) is 0 Å². The van der Waals surface area contributed by atoms with Gasteiger partial charge in [-0.25, -0.2) is 0 Å². The highest BCUT2D eigenvalue weighted by atomic mass is 16.7. The van der Waals surface area contributed by atoms with Crippen molar-refractivity contribution >= 4 is 23.6 Å². The van der Waals surface area contributed by atoms with Crippen LogP contribution in [0.25, 0.3) is 11.0 Å². The Morgan fingerprint density at radius 2 is 1.94 bits per heavy atom. The Hall–Kier alpha value is -1.46. The summed E-state index contributed by atoms with van der Waals surface area (Å²) in [7, 11) is -0.295. The molecule has 86 valence electrons. The van der Waals surface area contributed by atoms with Crippen molar-refractivity contribution in [3.63, 3.8) is 0 Å². The Labute approximate surface area is 100 Å². The number of nitrogens with zero attached hydrogens (tertiary/aromatic N) is 2. The number of fused-ring (bicyclic) bond motifs is 1. The van der Waals surface area contributed by atoms with Gasteiger partial charge >= 0.3 is 7.12 Å². The molecule has 0 N–H and O–H groups in total. The van der Waals surface area contributed by atoms with E-state index in [1.165, 1.54) is 0 Å². The average Bonchev–Trinajstić information content (AvgIpc) is 2.69. The summed E-state index contributed by atoms with van der Waals surface area (Å²) >= 11 is 0. The average molecular weight is 228 g/mol. The molecule has 2 heterocycles. The first-order valence-corrected chi connectivity index (χ1v) is 5.64. The van der Waals surface area contributed by atoms with Crippen LogP contribution in [0.5, 0.6) is 0 Å². The van der Waals surface area contributed by atoms with Crippen LogP contribution in [-0.4, -0.2) is 29.3 Å². The summed E-state index contributed by atoms with van der Waals surface area (Å²) in [5, 5.41) is 0. The van der Waals surface area contributed by atoms with Crippen LogP contribution in [-0.2, 0) is 9.31 Å². The van der Waals surface area contributed by atoms with E-state index in [-0.39, 0.29) is 12.7 Å². The van der Waals surface area contributed by atoms with Gasteiger partial charge in [0.15, 0.2) is 0 Å². The second-order valence-corrected chi connectivity index (χ2v) is 4.82. The highest BCUT2D eigenvalue weighted by Gasteiger charge is 2.38. The predicted molar refractivity (Wildman–Crippen MR) is 66.0 cm³/mol. The molecule has 5 heteroatoms. The van der Waals surface area contributed by atoms with Crippen LogP contribution in [0.15, 0.2) is 30.6 Å². The van der Waals surface area contributed by atoms with Crippen LogP contribution < -0.4 is 5.46 Å². The molecule has 0 atom stereocenters. The van der Waals surface area contributed by atoms with Crippen LogP contribution in [0.2, 0.25) is 0 Å². The first-order valence-electron chi connectivity index (χ1n) is 5.64. The minimum absolute atomic E-state index is 0.220. The van der Waals surface area contributed by atoms with E-state index in [1.54, 1.807) is 12.4 Å². The third kappa shape index (κ3) is 2.03. The summed E-state index contributed by atoms with van der Waals surface area (Å²) in [6.07, 6.45) is 3.38. The molecule has 1 saturated heterocycles. The van der Waals surface area contributed by atoms with Crippen LogP contribution in [0.4, 0.5) is 0 Å². The van der Waals surface area contributed by atoms with E-state index in [0.29, 0.717) is 6.61 Å². The lowest BCUT2D eigenvalue weighted by Crippen LogP contribution is -2.34. The normalized spacial score (nSPS) is 18.8. The van der Waals surface area contributed by atoms with Gasteiger partial charge in [-0.05, 0) is 31.4 Å². The van der Waals surface area contributed by atoms with Gasteiger partial charge < -0.3 is 9.31 Å². The summed E-state index contributed by atoms with van der Waals surface area (Å²) in [5.41, 5.74) is 2.51. The summed E-state index contributed by atoms with van der Waals surface area (Å²) in [6.45, 7) is 4.65. The molecule has 0 aliphatic carbocycles. The number of benzene rings is 1. The Kier molecular flexibility index (Phi) is 2.38. The second kappa shape index (κ2) is 3.79. The van der Waals surface area contributed by atoms with Crippen LogP contribution in [0.1, 0.15) is 13.8 Å². The van der Waals surface area contributed by atoms with Crippen molar-refractivity contribution in [2.24, 2.45) is 0 Å². The smallest absolute Gasteiger partial charge is 0.404 e. The van der Waals surface area contributed by atoms with E-state index >= 15 is 0 Å². The molecule has 1 aromatic carbocycles. The van der Waals surface area contributed by atoms with Crippen molar-refractivity contribution in [3.05, 3.63) is 30.6 Å². The number of hydrogen-bond donors (Lipinski definition) is 0. The zero-order valence-electron chi connectivity index (χ0n) is 9.88. The highest BCUT2D eigenvalue weighted by molar-refractivity contribution is 6.62. The standard InChI is InChI=1S/C12H13BN2O2/c1-12(2)8-16-13(17-12)9-3-4-10-11(7-9)15-6-5-14-10/h3-7H,8H2,1-2H3. The van der Waals surface area contributed by atoms with E-state index in [0.717, 1.165) is 16.5 Å². The number of rotatable bonds is 1. The van der Waals surface area contributed by atoms with E-state index in [9.17, 15) is 0 Å². The minimum Gasteiger partial charge on any atom is -0.404 e. The molecular weight excluding hydrogens is 215 g/mol. The van der Waals surface area contributed by atoms with E-state index in [1.807, 2.05) is 32.0 Å². The fourth-order valence-electron chi connectivity index (χ4n) is 1.93. The number of hydrogen-bond acceptors (Lipinski definition) is 4. The van der Waals surface area contributed by atoms with Gasteiger partial charge in [0.05, 0.1) is 23.2 Å². The lowest BCUT2D eigenvalue weighted by molar-refractivity contribution is 0.137. The quantitative estimate of drug-likeness (QED) is 0.686. The van der Waals surface area contributed by atoms with E-state index in [2.05, 4.69) is 9.97 Å². The Bertz CT molecular complexity index is 559. The molecule has 1 aromatic heterocycles. The molecule has 2 aromatic rings. The molecular formula is C12H13BN2O2. The van der Waals surface area contributed by atoms with Gasteiger partial charge in [0, 0.05) is 12.4 Å². The van der Waals surface area contributed by atoms with Gasteiger partial charge in [-0.3, -0.25) is 9.97 Å². The molecule has 1 aliphatic rings. The molecule has 0 unspecified atom stereocenters. The van der Waals surface area contributed by atoms with Gasteiger partial charge in [-0.2, -0.15) is 0 Å². The first kappa shape index (κ1) is 10.7. The highest BCUT2D eigenvalue weighted by Crippen LogP contribution is 2.20. The molecule has 1 aliphatic heterocycles. The topological polar surface area (TPSA) is 44.2 Å². The molecule has 0 spiro atoms. The Morgan fingerprint density at radius 3 is 2.65 bits per heavy atom. The van der Waals surface area contributed by atoms with Crippen molar-refractivity contribution in [3.8, 4) is 0 Å². The molecule has 0 saturated carbocycles. The lowest BCUT2D eigenvalue weighted by Gasteiger charge is -2.15. The molecule has 1 fully saturated rings. The Morgan fingerprint density at radius 1 is 1.18 bits per heavy atom. The summed E-state index contributed by atoms with van der Waals surface area (Å²) in [4.78, 5) is 8.51. The third-order valence-electron chi connectivity index (χ3n) is 2.77. The zero-order chi connectivity index (χ0) is 11.9. The molecule has 0 radical (unpaired) electrons. The van der Waals surface area contributed by atoms with Crippen LogP contribution in [0, 0.1) is 0 Å². The fourth-order valence-corrected chi connectivity index (χ4v) is 1.93. The largest absolute Gasteiger partial charge is 0.494 e. The second-order valence-electron chi connectivity index (χ2n) is 4.82. The van der Waals surface area contributed by atoms with E-state index in [4.69, 9.17) is 9.31 Å². The molecule has 4 nitrogen and oxygen atoms in total. The molecule has 0 amide bonds.